The predicted octanol–water partition coefficient (Wildman–Crippen LogP) is 3.89. The van der Waals surface area contributed by atoms with Crippen LogP contribution in [0, 0.1) is 0 Å². The van der Waals surface area contributed by atoms with Gasteiger partial charge in [-0.1, -0.05) is 13.8 Å². The van der Waals surface area contributed by atoms with Crippen LogP contribution in [0.25, 0.3) is 0 Å². The fourth-order valence-corrected chi connectivity index (χ4v) is 2.00. The molecule has 0 aliphatic heterocycles. The van der Waals surface area contributed by atoms with Crippen LogP contribution in [0.4, 0.5) is 26.3 Å². The summed E-state index contributed by atoms with van der Waals surface area (Å²) in [5.41, 5.74) is -1.54. The predicted molar refractivity (Wildman–Crippen MR) is 76.1 cm³/mol. The molecule has 0 aliphatic rings. The Morgan fingerprint density at radius 3 is 1.62 bits per heavy atom. The third-order valence-corrected chi connectivity index (χ3v) is 3.27. The van der Waals surface area contributed by atoms with Crippen molar-refractivity contribution in [3.05, 3.63) is 0 Å². The van der Waals surface area contributed by atoms with Gasteiger partial charge in [-0.15, -0.1) is 0 Å². The smallest absolute Gasteiger partial charge is 0.308 e. The zero-order chi connectivity index (χ0) is 19.8. The lowest BCUT2D eigenvalue weighted by Crippen LogP contribution is -2.52. The van der Waals surface area contributed by atoms with Gasteiger partial charge in [-0.3, -0.25) is 0 Å². The Morgan fingerprint density at radius 1 is 0.958 bits per heavy atom. The Balaban J connectivity index is 0. The van der Waals surface area contributed by atoms with Gasteiger partial charge in [0.1, 0.15) is 0 Å². The zero-order valence-corrected chi connectivity index (χ0v) is 14.5. The van der Waals surface area contributed by atoms with Gasteiger partial charge in [0.2, 0.25) is 0 Å². The maximum absolute atomic E-state index is 12.6. The highest BCUT2D eigenvalue weighted by Gasteiger charge is 2.43. The average molecular weight is 391 g/mol. The van der Waals surface area contributed by atoms with Gasteiger partial charge >= 0.3 is 20.2 Å². The summed E-state index contributed by atoms with van der Waals surface area (Å²) in [6.07, 6.45) is -11.4. The van der Waals surface area contributed by atoms with Gasteiger partial charge in [0.05, 0.1) is 6.42 Å². The lowest BCUT2D eigenvalue weighted by atomic mass is 9.85. The standard InChI is InChI=1S/C12H21F6N.H3O4P/c1-4-9(3)19-10(5-2,8-12(16,17)18)6-7-11(13,14)15;1-5(2,3)4/h9,19H,4-8H2,1-3H3;(H3,1,2,3,4). The largest absolute Gasteiger partial charge is 0.466 e. The first-order chi connectivity index (χ1) is 10.4. The van der Waals surface area contributed by atoms with Gasteiger partial charge in [-0.2, -0.15) is 26.3 Å². The van der Waals surface area contributed by atoms with Crippen molar-refractivity contribution in [2.24, 2.45) is 0 Å². The van der Waals surface area contributed by atoms with E-state index < -0.39 is 45.0 Å². The molecule has 0 radical (unpaired) electrons. The highest BCUT2D eigenvalue weighted by molar-refractivity contribution is 7.45. The Bertz CT molecular complexity index is 390. The summed E-state index contributed by atoms with van der Waals surface area (Å²) in [4.78, 5) is 21.6. The summed E-state index contributed by atoms with van der Waals surface area (Å²) in [6.45, 7) is 4.93. The van der Waals surface area contributed by atoms with Crippen LogP contribution in [0.1, 0.15) is 52.9 Å². The minimum Gasteiger partial charge on any atom is -0.308 e. The van der Waals surface area contributed by atoms with Crippen molar-refractivity contribution in [3.63, 3.8) is 0 Å². The molecule has 24 heavy (non-hydrogen) atoms. The number of phosphoric acid groups is 1. The third kappa shape index (κ3) is 18.0. The van der Waals surface area contributed by atoms with Crippen molar-refractivity contribution in [2.75, 3.05) is 0 Å². The number of rotatable bonds is 7. The van der Waals surface area contributed by atoms with Crippen molar-refractivity contribution in [3.8, 4) is 0 Å². The molecule has 0 aromatic carbocycles. The Kier molecular flexibility index (Phi) is 10.7. The number of nitrogens with one attached hydrogen (secondary N) is 1. The Hall–Kier alpha value is -0.350. The van der Waals surface area contributed by atoms with Crippen LogP contribution in [-0.4, -0.2) is 38.6 Å². The number of hydrogen-bond acceptors (Lipinski definition) is 2. The lowest BCUT2D eigenvalue weighted by molar-refractivity contribution is -0.164. The minimum atomic E-state index is -4.64. The van der Waals surface area contributed by atoms with E-state index in [1.807, 2.05) is 0 Å². The van der Waals surface area contributed by atoms with E-state index >= 15 is 0 Å². The topological polar surface area (TPSA) is 89.8 Å². The van der Waals surface area contributed by atoms with Crippen LogP contribution in [0.5, 0.6) is 0 Å². The molecular formula is C12H24F6NO4P. The van der Waals surface area contributed by atoms with E-state index in [-0.39, 0.29) is 12.5 Å². The normalized spacial score (nSPS) is 16.8. The van der Waals surface area contributed by atoms with Crippen LogP contribution >= 0.6 is 7.82 Å². The molecule has 0 aromatic rings. The highest BCUT2D eigenvalue weighted by atomic mass is 31.2. The van der Waals surface area contributed by atoms with Gasteiger partial charge in [0, 0.05) is 18.0 Å². The van der Waals surface area contributed by atoms with Crippen molar-refractivity contribution in [1.82, 2.24) is 5.32 Å². The molecule has 0 fully saturated rings. The quantitative estimate of drug-likeness (QED) is 0.391. The molecule has 148 valence electrons. The molecule has 0 amide bonds. The van der Waals surface area contributed by atoms with E-state index in [2.05, 4.69) is 5.32 Å². The molecule has 4 N–H and O–H groups in total. The van der Waals surface area contributed by atoms with E-state index in [1.165, 1.54) is 6.92 Å². The molecular weight excluding hydrogens is 367 g/mol. The Labute approximate surface area is 136 Å². The van der Waals surface area contributed by atoms with E-state index in [1.54, 1.807) is 13.8 Å². The van der Waals surface area contributed by atoms with Gasteiger partial charge in [0.15, 0.2) is 0 Å². The summed E-state index contributed by atoms with van der Waals surface area (Å²) in [5.74, 6) is 0. The fourth-order valence-electron chi connectivity index (χ4n) is 2.00. The molecule has 12 heteroatoms. The van der Waals surface area contributed by atoms with Crippen LogP contribution in [0.15, 0.2) is 0 Å². The molecule has 0 rings (SSSR count). The monoisotopic (exact) mass is 391 g/mol. The summed E-state index contributed by atoms with van der Waals surface area (Å²) in [5, 5.41) is 2.74. The zero-order valence-electron chi connectivity index (χ0n) is 13.6. The van der Waals surface area contributed by atoms with E-state index in [4.69, 9.17) is 19.2 Å². The van der Waals surface area contributed by atoms with E-state index in [0.29, 0.717) is 6.42 Å². The summed E-state index contributed by atoms with van der Waals surface area (Å²) < 4.78 is 83.5. The summed E-state index contributed by atoms with van der Waals surface area (Å²) in [6, 6.07) is -0.254. The molecule has 5 nitrogen and oxygen atoms in total. The molecule has 0 spiro atoms. The molecule has 2 unspecified atom stereocenters. The van der Waals surface area contributed by atoms with Crippen LogP contribution < -0.4 is 5.32 Å². The average Bonchev–Trinajstić information content (AvgIpc) is 2.31. The second-order valence-electron chi connectivity index (χ2n) is 5.51. The minimum absolute atomic E-state index is 0.00687. The lowest BCUT2D eigenvalue weighted by Gasteiger charge is -2.37. The van der Waals surface area contributed by atoms with E-state index in [9.17, 15) is 26.3 Å². The summed E-state index contributed by atoms with van der Waals surface area (Å²) in [7, 11) is -4.64. The van der Waals surface area contributed by atoms with Crippen molar-refractivity contribution in [1.29, 1.82) is 0 Å². The number of halogens is 6. The molecule has 0 saturated carbocycles. The molecule has 0 saturated heterocycles. The first-order valence-corrected chi connectivity index (χ1v) is 8.69. The fraction of sp³-hybridized carbons (Fsp3) is 1.00. The second kappa shape index (κ2) is 9.96. The number of hydrogen-bond donors (Lipinski definition) is 4. The molecule has 0 bridgehead atoms. The number of alkyl halides is 6. The first-order valence-electron chi connectivity index (χ1n) is 7.12. The van der Waals surface area contributed by atoms with E-state index in [0.717, 1.165) is 0 Å². The third-order valence-electron chi connectivity index (χ3n) is 3.27. The van der Waals surface area contributed by atoms with Crippen LogP contribution in [-0.2, 0) is 4.57 Å². The maximum atomic E-state index is 12.6. The van der Waals surface area contributed by atoms with Gasteiger partial charge < -0.3 is 20.0 Å². The molecule has 0 aromatic heterocycles. The summed E-state index contributed by atoms with van der Waals surface area (Å²) >= 11 is 0. The Morgan fingerprint density at radius 2 is 1.38 bits per heavy atom. The molecule has 0 heterocycles. The first kappa shape index (κ1) is 25.9. The molecule has 0 aliphatic carbocycles. The second-order valence-corrected chi connectivity index (χ2v) is 6.53. The van der Waals surface area contributed by atoms with Crippen LogP contribution in [0.3, 0.4) is 0 Å². The van der Waals surface area contributed by atoms with Crippen molar-refractivity contribution in [2.45, 2.75) is 76.8 Å². The maximum Gasteiger partial charge on any atom is 0.466 e. The van der Waals surface area contributed by atoms with Crippen LogP contribution in [0.2, 0.25) is 0 Å². The van der Waals surface area contributed by atoms with Gasteiger partial charge in [-0.05, 0) is 26.2 Å². The molecule has 2 atom stereocenters. The SMILES string of the molecule is CCC(C)NC(CC)(CCC(F)(F)F)CC(F)(F)F.O=P(O)(O)O. The highest BCUT2D eigenvalue weighted by Crippen LogP contribution is 2.36. The van der Waals surface area contributed by atoms with Gasteiger partial charge in [-0.25, -0.2) is 4.57 Å². The van der Waals surface area contributed by atoms with Crippen molar-refractivity contribution >= 4 is 7.82 Å². The van der Waals surface area contributed by atoms with Gasteiger partial charge in [0.25, 0.3) is 0 Å². The van der Waals surface area contributed by atoms with Crippen molar-refractivity contribution < 1.29 is 45.6 Å².